The van der Waals surface area contributed by atoms with Crippen LogP contribution in [0.3, 0.4) is 0 Å². The summed E-state index contributed by atoms with van der Waals surface area (Å²) in [6.07, 6.45) is 3.32. The second-order valence-corrected chi connectivity index (χ2v) is 7.01. The maximum Gasteiger partial charge on any atom is 0.317 e. The van der Waals surface area contributed by atoms with Gasteiger partial charge < -0.3 is 15.5 Å². The largest absolute Gasteiger partial charge is 0.335 e. The number of nitrogens with one attached hydrogen (secondary N) is 2. The van der Waals surface area contributed by atoms with Gasteiger partial charge in [0.1, 0.15) is 5.82 Å². The van der Waals surface area contributed by atoms with Crippen LogP contribution in [-0.2, 0) is 4.79 Å². The molecule has 3 rings (SSSR count). The molecular formula is C16H19BrFN3O2. The average Bonchev–Trinajstić information content (AvgIpc) is 3.34. The summed E-state index contributed by atoms with van der Waals surface area (Å²) in [4.78, 5) is 26.0. The minimum absolute atomic E-state index is 0.0367. The summed E-state index contributed by atoms with van der Waals surface area (Å²) < 4.78 is 14.4. The highest BCUT2D eigenvalue weighted by Crippen LogP contribution is 2.24. The van der Waals surface area contributed by atoms with Gasteiger partial charge in [-0.05, 0) is 43.9 Å². The summed E-state index contributed by atoms with van der Waals surface area (Å²) in [5, 5.41) is 5.59. The second-order valence-electron chi connectivity index (χ2n) is 6.10. The smallest absolute Gasteiger partial charge is 0.317 e. The lowest BCUT2D eigenvalue weighted by atomic mass is 9.96. The van der Waals surface area contributed by atoms with Crippen molar-refractivity contribution in [1.29, 1.82) is 0 Å². The summed E-state index contributed by atoms with van der Waals surface area (Å²) >= 11 is 3.18. The van der Waals surface area contributed by atoms with Gasteiger partial charge in [-0.15, -0.1) is 0 Å². The highest BCUT2D eigenvalue weighted by Gasteiger charge is 2.30. The first-order chi connectivity index (χ1) is 11.0. The Hall–Kier alpha value is -1.63. The first kappa shape index (κ1) is 16.2. The first-order valence-electron chi connectivity index (χ1n) is 7.84. The zero-order chi connectivity index (χ0) is 16.4. The Morgan fingerprint density at radius 2 is 1.87 bits per heavy atom. The Morgan fingerprint density at radius 1 is 1.17 bits per heavy atom. The van der Waals surface area contributed by atoms with E-state index in [0.717, 1.165) is 12.8 Å². The maximum atomic E-state index is 13.8. The van der Waals surface area contributed by atoms with Crippen molar-refractivity contribution in [3.05, 3.63) is 28.5 Å². The van der Waals surface area contributed by atoms with Crippen LogP contribution in [0.4, 0.5) is 14.9 Å². The van der Waals surface area contributed by atoms with Crippen LogP contribution >= 0.6 is 15.9 Å². The Balaban J connectivity index is 1.50. The monoisotopic (exact) mass is 383 g/mol. The van der Waals surface area contributed by atoms with Crippen LogP contribution in [0.25, 0.3) is 0 Å². The number of carbonyl (C=O) groups is 2. The molecule has 1 saturated carbocycles. The van der Waals surface area contributed by atoms with E-state index in [4.69, 9.17) is 0 Å². The molecule has 2 fully saturated rings. The van der Waals surface area contributed by atoms with Crippen molar-refractivity contribution >= 4 is 33.6 Å². The number of urea groups is 1. The molecular weight excluding hydrogens is 365 g/mol. The van der Waals surface area contributed by atoms with Crippen molar-refractivity contribution in [2.24, 2.45) is 5.92 Å². The SMILES string of the molecule is O=C(Nc1ccc(Br)cc1F)C1CCN(C(=O)NC2CC2)CC1. The van der Waals surface area contributed by atoms with Crippen molar-refractivity contribution in [3.63, 3.8) is 0 Å². The second kappa shape index (κ2) is 6.86. The van der Waals surface area contributed by atoms with Crippen LogP contribution in [-0.4, -0.2) is 36.0 Å². The predicted molar refractivity (Wildman–Crippen MR) is 88.6 cm³/mol. The van der Waals surface area contributed by atoms with Gasteiger partial charge in [0.05, 0.1) is 5.69 Å². The van der Waals surface area contributed by atoms with Gasteiger partial charge in [-0.2, -0.15) is 0 Å². The van der Waals surface area contributed by atoms with Crippen LogP contribution in [0, 0.1) is 11.7 Å². The molecule has 2 aliphatic rings. The van der Waals surface area contributed by atoms with E-state index in [9.17, 15) is 14.0 Å². The van der Waals surface area contributed by atoms with Crippen LogP contribution in [0.2, 0.25) is 0 Å². The third-order valence-corrected chi connectivity index (χ3v) is 4.74. The summed E-state index contributed by atoms with van der Waals surface area (Å²) in [6.45, 7) is 1.11. The normalized spacial score (nSPS) is 18.6. The van der Waals surface area contributed by atoms with Crippen LogP contribution < -0.4 is 10.6 Å². The van der Waals surface area contributed by atoms with Crippen LogP contribution in [0.5, 0.6) is 0 Å². The number of rotatable bonds is 3. The van der Waals surface area contributed by atoms with Crippen molar-refractivity contribution in [2.75, 3.05) is 18.4 Å². The van der Waals surface area contributed by atoms with Gasteiger partial charge in [0.25, 0.3) is 0 Å². The van der Waals surface area contributed by atoms with E-state index >= 15 is 0 Å². The number of anilines is 1. The van der Waals surface area contributed by atoms with E-state index in [1.807, 2.05) is 0 Å². The number of amides is 3. The van der Waals surface area contributed by atoms with E-state index < -0.39 is 5.82 Å². The third kappa shape index (κ3) is 4.22. The zero-order valence-electron chi connectivity index (χ0n) is 12.6. The van der Waals surface area contributed by atoms with Gasteiger partial charge in [0.2, 0.25) is 5.91 Å². The van der Waals surface area contributed by atoms with Crippen LogP contribution in [0.1, 0.15) is 25.7 Å². The number of benzene rings is 1. The molecule has 3 amide bonds. The molecule has 1 heterocycles. The summed E-state index contributed by atoms with van der Waals surface area (Å²) in [7, 11) is 0. The minimum Gasteiger partial charge on any atom is -0.335 e. The van der Waals surface area contributed by atoms with Crippen molar-refractivity contribution in [3.8, 4) is 0 Å². The predicted octanol–water partition coefficient (Wildman–Crippen LogP) is 3.11. The van der Waals surface area contributed by atoms with Crippen molar-refractivity contribution < 1.29 is 14.0 Å². The van der Waals surface area contributed by atoms with Gasteiger partial charge in [-0.3, -0.25) is 4.79 Å². The quantitative estimate of drug-likeness (QED) is 0.842. The summed E-state index contributed by atoms with van der Waals surface area (Å²) in [6, 6.07) is 4.84. The van der Waals surface area contributed by atoms with E-state index in [-0.39, 0.29) is 23.5 Å². The molecule has 0 bridgehead atoms. The Kier molecular flexibility index (Phi) is 4.84. The van der Waals surface area contributed by atoms with Gasteiger partial charge in [0, 0.05) is 29.5 Å². The molecule has 23 heavy (non-hydrogen) atoms. The van der Waals surface area contributed by atoms with Crippen LogP contribution in [0.15, 0.2) is 22.7 Å². The maximum absolute atomic E-state index is 13.8. The molecule has 7 heteroatoms. The molecule has 1 saturated heterocycles. The molecule has 0 aromatic heterocycles. The number of hydrogen-bond donors (Lipinski definition) is 2. The van der Waals surface area contributed by atoms with E-state index in [1.165, 1.54) is 12.1 Å². The molecule has 1 aromatic carbocycles. The number of carbonyl (C=O) groups excluding carboxylic acids is 2. The fourth-order valence-corrected chi connectivity index (χ4v) is 3.00. The van der Waals surface area contributed by atoms with Crippen molar-refractivity contribution in [1.82, 2.24) is 10.2 Å². The number of hydrogen-bond acceptors (Lipinski definition) is 2. The molecule has 1 aliphatic carbocycles. The van der Waals surface area contributed by atoms with E-state index in [0.29, 0.717) is 36.4 Å². The lowest BCUT2D eigenvalue weighted by Gasteiger charge is -2.31. The zero-order valence-corrected chi connectivity index (χ0v) is 14.2. The Bertz CT molecular complexity index is 613. The lowest BCUT2D eigenvalue weighted by molar-refractivity contribution is -0.121. The topological polar surface area (TPSA) is 61.4 Å². The fourth-order valence-electron chi connectivity index (χ4n) is 2.66. The standard InChI is InChI=1S/C16H19BrFN3O2/c17-11-1-4-14(13(18)9-11)20-15(22)10-5-7-21(8-6-10)16(23)19-12-2-3-12/h1,4,9-10,12H,2-3,5-8H2,(H,19,23)(H,20,22). The fraction of sp³-hybridized carbons (Fsp3) is 0.500. The first-order valence-corrected chi connectivity index (χ1v) is 8.63. The molecule has 0 unspecified atom stereocenters. The summed E-state index contributed by atoms with van der Waals surface area (Å²) in [5.74, 6) is -0.842. The number of nitrogens with zero attached hydrogens (tertiary/aromatic N) is 1. The third-order valence-electron chi connectivity index (χ3n) is 4.25. The molecule has 0 radical (unpaired) electrons. The van der Waals surface area contributed by atoms with Gasteiger partial charge in [-0.1, -0.05) is 15.9 Å². The molecule has 2 N–H and O–H groups in total. The summed E-state index contributed by atoms with van der Waals surface area (Å²) in [5.41, 5.74) is 0.187. The van der Waals surface area contributed by atoms with E-state index in [2.05, 4.69) is 26.6 Å². The molecule has 1 aromatic rings. The van der Waals surface area contributed by atoms with Crippen molar-refractivity contribution in [2.45, 2.75) is 31.7 Å². The minimum atomic E-state index is -0.464. The Morgan fingerprint density at radius 3 is 2.48 bits per heavy atom. The number of halogens is 2. The molecule has 124 valence electrons. The van der Waals surface area contributed by atoms with Gasteiger partial charge >= 0.3 is 6.03 Å². The average molecular weight is 384 g/mol. The van der Waals surface area contributed by atoms with E-state index in [1.54, 1.807) is 11.0 Å². The molecule has 0 atom stereocenters. The number of likely N-dealkylation sites (tertiary alicyclic amines) is 1. The Labute approximate surface area is 142 Å². The van der Waals surface area contributed by atoms with Gasteiger partial charge in [0.15, 0.2) is 0 Å². The lowest BCUT2D eigenvalue weighted by Crippen LogP contribution is -2.46. The molecule has 0 spiro atoms. The van der Waals surface area contributed by atoms with Gasteiger partial charge in [-0.25, -0.2) is 9.18 Å². The molecule has 1 aliphatic heterocycles. The highest BCUT2D eigenvalue weighted by atomic mass is 79.9. The number of piperidine rings is 1. The molecule has 5 nitrogen and oxygen atoms in total. The highest BCUT2D eigenvalue weighted by molar-refractivity contribution is 9.10.